The summed E-state index contributed by atoms with van der Waals surface area (Å²) in [5.41, 5.74) is 1.56. The van der Waals surface area contributed by atoms with Gasteiger partial charge in [0.2, 0.25) is 11.7 Å². The molecule has 1 fully saturated rings. The van der Waals surface area contributed by atoms with Crippen molar-refractivity contribution in [2.75, 3.05) is 33.4 Å². The van der Waals surface area contributed by atoms with Crippen LogP contribution in [0.25, 0.3) is 12.2 Å². The van der Waals surface area contributed by atoms with Crippen LogP contribution >= 0.6 is 11.8 Å². The largest absolute Gasteiger partial charge is 0.493 e. The summed E-state index contributed by atoms with van der Waals surface area (Å²) in [6.45, 7) is 1.13. The van der Waals surface area contributed by atoms with Gasteiger partial charge in [0.1, 0.15) is 13.2 Å². The maximum absolute atomic E-state index is 12.5. The van der Waals surface area contributed by atoms with Gasteiger partial charge in [-0.2, -0.15) is 0 Å². The third-order valence-corrected chi connectivity index (χ3v) is 5.79. The van der Waals surface area contributed by atoms with Crippen LogP contribution in [0.1, 0.15) is 11.1 Å². The summed E-state index contributed by atoms with van der Waals surface area (Å²) in [5, 5.41) is 2.34. The van der Waals surface area contributed by atoms with E-state index in [9.17, 15) is 14.4 Å². The Morgan fingerprint density at radius 2 is 1.94 bits per heavy atom. The highest BCUT2D eigenvalue weighted by Gasteiger charge is 2.34. The maximum Gasteiger partial charge on any atom is 0.293 e. The van der Waals surface area contributed by atoms with E-state index in [4.69, 9.17) is 14.2 Å². The molecule has 0 radical (unpaired) electrons. The van der Waals surface area contributed by atoms with Gasteiger partial charge in [0.05, 0.1) is 12.0 Å². The number of nitrogens with zero attached hydrogens (tertiary/aromatic N) is 1. The molecule has 2 aromatic rings. The summed E-state index contributed by atoms with van der Waals surface area (Å²) in [5.74, 6) is 0.917. The van der Waals surface area contributed by atoms with Gasteiger partial charge in [-0.1, -0.05) is 30.3 Å². The minimum Gasteiger partial charge on any atom is -0.493 e. The van der Waals surface area contributed by atoms with E-state index in [-0.39, 0.29) is 30.1 Å². The van der Waals surface area contributed by atoms with Gasteiger partial charge >= 0.3 is 0 Å². The second-order valence-electron chi connectivity index (χ2n) is 7.12. The van der Waals surface area contributed by atoms with Crippen LogP contribution in [0.15, 0.2) is 53.4 Å². The van der Waals surface area contributed by atoms with Gasteiger partial charge in [0.25, 0.3) is 11.1 Å². The quantitative estimate of drug-likeness (QED) is 0.626. The van der Waals surface area contributed by atoms with Crippen molar-refractivity contribution in [1.82, 2.24) is 10.2 Å². The van der Waals surface area contributed by atoms with Crippen LogP contribution in [-0.2, 0) is 9.59 Å². The first-order valence-electron chi connectivity index (χ1n) is 10.3. The normalized spacial score (nSPS) is 16.5. The molecule has 3 amide bonds. The van der Waals surface area contributed by atoms with E-state index in [2.05, 4.69) is 5.32 Å². The molecule has 0 atom stereocenters. The number of nitrogens with one attached hydrogen (secondary N) is 1. The summed E-state index contributed by atoms with van der Waals surface area (Å²) >= 11 is 0.896. The van der Waals surface area contributed by atoms with Gasteiger partial charge in [-0.15, -0.1) is 0 Å². The van der Waals surface area contributed by atoms with Crippen LogP contribution in [0.5, 0.6) is 17.2 Å². The smallest absolute Gasteiger partial charge is 0.293 e. The summed E-state index contributed by atoms with van der Waals surface area (Å²) in [6.07, 6.45) is 4.68. The Hall–Kier alpha value is -3.72. The SMILES string of the molecule is COc1cc(/C=C/C(=O)NCCN2C(=O)S/C(=C\c3ccccc3)C2=O)cc2c1OCCO2. The van der Waals surface area contributed by atoms with Crippen LogP contribution in [0.2, 0.25) is 0 Å². The zero-order valence-electron chi connectivity index (χ0n) is 17.9. The number of fused-ring (bicyclic) bond motifs is 1. The second kappa shape index (κ2) is 10.3. The highest BCUT2D eigenvalue weighted by Crippen LogP contribution is 2.40. The highest BCUT2D eigenvalue weighted by molar-refractivity contribution is 8.18. The van der Waals surface area contributed by atoms with Crippen molar-refractivity contribution < 1.29 is 28.6 Å². The average Bonchev–Trinajstić information content (AvgIpc) is 3.10. The summed E-state index contributed by atoms with van der Waals surface area (Å²) in [6, 6.07) is 12.8. The van der Waals surface area contributed by atoms with E-state index in [1.807, 2.05) is 30.3 Å². The van der Waals surface area contributed by atoms with Crippen molar-refractivity contribution >= 4 is 41.0 Å². The lowest BCUT2D eigenvalue weighted by molar-refractivity contribution is -0.123. The predicted molar refractivity (Wildman–Crippen MR) is 125 cm³/mol. The summed E-state index contributed by atoms with van der Waals surface area (Å²) in [7, 11) is 1.54. The van der Waals surface area contributed by atoms with E-state index in [0.717, 1.165) is 22.2 Å². The van der Waals surface area contributed by atoms with Gasteiger partial charge in [0.15, 0.2) is 11.5 Å². The molecule has 0 aliphatic carbocycles. The molecule has 9 heteroatoms. The third-order valence-electron chi connectivity index (χ3n) is 4.88. The van der Waals surface area contributed by atoms with Crippen LogP contribution in [0, 0.1) is 0 Å². The molecule has 0 unspecified atom stereocenters. The molecule has 0 saturated carbocycles. The molecule has 170 valence electrons. The lowest BCUT2D eigenvalue weighted by atomic mass is 10.1. The van der Waals surface area contributed by atoms with E-state index in [0.29, 0.717) is 40.9 Å². The molecule has 2 aromatic carbocycles. The molecule has 4 rings (SSSR count). The number of carbonyl (C=O) groups excluding carboxylic acids is 3. The van der Waals surface area contributed by atoms with Gasteiger partial charge in [-0.05, 0) is 47.2 Å². The van der Waals surface area contributed by atoms with Crippen molar-refractivity contribution in [1.29, 1.82) is 0 Å². The van der Waals surface area contributed by atoms with Crippen molar-refractivity contribution in [3.05, 3.63) is 64.6 Å². The van der Waals surface area contributed by atoms with Crippen molar-refractivity contribution in [3.63, 3.8) is 0 Å². The molecule has 1 N–H and O–H groups in total. The molecule has 2 aliphatic rings. The molecule has 33 heavy (non-hydrogen) atoms. The van der Waals surface area contributed by atoms with Crippen LogP contribution in [0.4, 0.5) is 4.79 Å². The Bertz CT molecular complexity index is 1110. The number of rotatable bonds is 7. The monoisotopic (exact) mass is 466 g/mol. The maximum atomic E-state index is 12.5. The number of carbonyl (C=O) groups is 3. The fourth-order valence-electron chi connectivity index (χ4n) is 3.30. The Balaban J connectivity index is 1.31. The highest BCUT2D eigenvalue weighted by atomic mass is 32.2. The number of thioether (sulfide) groups is 1. The predicted octanol–water partition coefficient (Wildman–Crippen LogP) is 3.33. The molecule has 8 nitrogen and oxygen atoms in total. The van der Waals surface area contributed by atoms with Crippen molar-refractivity contribution in [2.45, 2.75) is 0 Å². The molecule has 0 spiro atoms. The number of hydrogen-bond acceptors (Lipinski definition) is 7. The fourth-order valence-corrected chi connectivity index (χ4v) is 4.17. The number of hydrogen-bond donors (Lipinski definition) is 1. The molecule has 0 bridgehead atoms. The number of benzene rings is 2. The Morgan fingerprint density at radius 3 is 2.73 bits per heavy atom. The Morgan fingerprint density at radius 1 is 1.15 bits per heavy atom. The summed E-state index contributed by atoms with van der Waals surface area (Å²) < 4.78 is 16.5. The van der Waals surface area contributed by atoms with Gasteiger partial charge < -0.3 is 19.5 Å². The van der Waals surface area contributed by atoms with Gasteiger partial charge in [0, 0.05) is 19.2 Å². The Kier molecular flexibility index (Phi) is 6.99. The molecule has 0 aromatic heterocycles. The minimum absolute atomic E-state index is 0.0915. The van der Waals surface area contributed by atoms with E-state index >= 15 is 0 Å². The molecular weight excluding hydrogens is 444 g/mol. The molecule has 2 heterocycles. The first-order valence-corrected chi connectivity index (χ1v) is 11.1. The van der Waals surface area contributed by atoms with E-state index in [1.54, 1.807) is 24.3 Å². The van der Waals surface area contributed by atoms with Gasteiger partial charge in [-0.25, -0.2) is 0 Å². The number of imide groups is 1. The van der Waals surface area contributed by atoms with Crippen LogP contribution in [0.3, 0.4) is 0 Å². The second-order valence-corrected chi connectivity index (χ2v) is 8.11. The van der Waals surface area contributed by atoms with Crippen LogP contribution < -0.4 is 19.5 Å². The molecule has 2 aliphatic heterocycles. The van der Waals surface area contributed by atoms with E-state index < -0.39 is 0 Å². The minimum atomic E-state index is -0.359. The van der Waals surface area contributed by atoms with Crippen molar-refractivity contribution in [2.24, 2.45) is 0 Å². The van der Waals surface area contributed by atoms with Crippen LogP contribution in [-0.4, -0.2) is 55.4 Å². The lowest BCUT2D eigenvalue weighted by Gasteiger charge is -2.20. The topological polar surface area (TPSA) is 94.2 Å². The average molecular weight is 467 g/mol. The van der Waals surface area contributed by atoms with Crippen molar-refractivity contribution in [3.8, 4) is 17.2 Å². The Labute approximate surface area is 195 Å². The first-order chi connectivity index (χ1) is 16.0. The number of methoxy groups -OCH3 is 1. The van der Waals surface area contributed by atoms with Gasteiger partial charge in [-0.3, -0.25) is 19.3 Å². The third kappa shape index (κ3) is 5.38. The zero-order chi connectivity index (χ0) is 23.2. The first kappa shape index (κ1) is 22.5. The number of amides is 3. The zero-order valence-corrected chi connectivity index (χ0v) is 18.7. The molecular formula is C24H22N2O6S. The fraction of sp³-hybridized carbons (Fsp3) is 0.208. The van der Waals surface area contributed by atoms with E-state index in [1.165, 1.54) is 13.2 Å². The standard InChI is InChI=1S/C24H22N2O6S/c1-30-18-13-17(14-19-22(18)32-12-11-31-19)7-8-21(27)25-9-10-26-23(28)20(33-24(26)29)15-16-5-3-2-4-6-16/h2-8,13-15H,9-12H2,1H3,(H,25,27)/b8-7+,20-15-. The summed E-state index contributed by atoms with van der Waals surface area (Å²) in [4.78, 5) is 38.5. The number of ether oxygens (including phenoxy) is 3. The lowest BCUT2D eigenvalue weighted by Crippen LogP contribution is -2.36. The molecule has 1 saturated heterocycles.